The highest BCUT2D eigenvalue weighted by atomic mass is 32.2. The third-order valence-electron chi connectivity index (χ3n) is 5.56. The predicted octanol–water partition coefficient (Wildman–Crippen LogP) is 4.47. The van der Waals surface area contributed by atoms with E-state index in [2.05, 4.69) is 41.5 Å². The molecule has 1 N–H and O–H groups in total. The van der Waals surface area contributed by atoms with Crippen LogP contribution in [0.25, 0.3) is 0 Å². The molecule has 0 unspecified atom stereocenters. The number of hydrogen-bond acceptors (Lipinski definition) is 4. The van der Waals surface area contributed by atoms with Crippen molar-refractivity contribution in [1.82, 2.24) is 9.55 Å². The first kappa shape index (κ1) is 20.4. The molecular weight excluding hydrogens is 394 g/mol. The minimum atomic E-state index is -0.282. The number of amides is 1. The molecule has 1 atom stereocenters. The van der Waals surface area contributed by atoms with Gasteiger partial charge in [-0.3, -0.25) is 9.59 Å². The number of hydrogen-bond donors (Lipinski definition) is 1. The number of aryl methyl sites for hydroxylation is 3. The second kappa shape index (κ2) is 8.11. The van der Waals surface area contributed by atoms with Crippen LogP contribution in [0.15, 0.2) is 52.4 Å². The van der Waals surface area contributed by atoms with Crippen LogP contribution in [0.1, 0.15) is 45.7 Å². The number of carbonyl (C=O) groups excluding carboxylic acids is 1. The quantitative estimate of drug-likeness (QED) is 0.501. The summed E-state index contributed by atoms with van der Waals surface area (Å²) in [7, 11) is 1.86. The smallest absolute Gasteiger partial charge is 0.279 e. The predicted molar refractivity (Wildman–Crippen MR) is 121 cm³/mol. The molecule has 0 fully saturated rings. The number of nitrogens with zero attached hydrogens (tertiary/aromatic N) is 2. The van der Waals surface area contributed by atoms with E-state index in [0.717, 1.165) is 16.7 Å². The summed E-state index contributed by atoms with van der Waals surface area (Å²) in [6.45, 7) is 6.10. The minimum Gasteiger partial charge on any atom is -0.312 e. The van der Waals surface area contributed by atoms with Crippen molar-refractivity contribution in [1.29, 1.82) is 0 Å². The number of nitrogens with one attached hydrogen (secondary N) is 1. The van der Waals surface area contributed by atoms with E-state index in [-0.39, 0.29) is 23.8 Å². The van der Waals surface area contributed by atoms with E-state index in [9.17, 15) is 9.59 Å². The summed E-state index contributed by atoms with van der Waals surface area (Å²) in [6, 6.07) is 14.4. The second-order valence-corrected chi connectivity index (χ2v) is 8.91. The Balaban J connectivity index is 1.75. The van der Waals surface area contributed by atoms with Gasteiger partial charge in [0.2, 0.25) is 5.91 Å². The number of carbonyl (C=O) groups is 1. The van der Waals surface area contributed by atoms with Crippen LogP contribution in [0.2, 0.25) is 0 Å². The summed E-state index contributed by atoms with van der Waals surface area (Å²) in [6.07, 6.45) is 0.254. The van der Waals surface area contributed by atoms with Gasteiger partial charge in [-0.2, -0.15) is 4.98 Å². The molecule has 0 saturated heterocycles. The zero-order chi connectivity index (χ0) is 21.4. The second-order valence-electron chi connectivity index (χ2n) is 7.96. The number of rotatable bonds is 4. The van der Waals surface area contributed by atoms with E-state index >= 15 is 0 Å². The fourth-order valence-corrected chi connectivity index (χ4v) is 4.92. The highest BCUT2D eigenvalue weighted by Gasteiger charge is 2.32. The molecule has 1 aliphatic rings. The fraction of sp³-hybridized carbons (Fsp3) is 0.292. The Morgan fingerprint density at radius 3 is 2.63 bits per heavy atom. The molecule has 2 heterocycles. The van der Waals surface area contributed by atoms with Crippen LogP contribution >= 0.6 is 11.8 Å². The van der Waals surface area contributed by atoms with Crippen molar-refractivity contribution in [3.05, 3.63) is 86.2 Å². The number of thioether (sulfide) groups is 1. The zero-order valence-corrected chi connectivity index (χ0v) is 18.5. The molecule has 5 nitrogen and oxygen atoms in total. The van der Waals surface area contributed by atoms with Gasteiger partial charge in [0, 0.05) is 25.1 Å². The molecule has 154 valence electrons. The molecule has 6 heteroatoms. The monoisotopic (exact) mass is 419 g/mol. The lowest BCUT2D eigenvalue weighted by molar-refractivity contribution is -0.116. The van der Waals surface area contributed by atoms with Gasteiger partial charge in [-0.15, -0.1) is 0 Å². The van der Waals surface area contributed by atoms with Crippen LogP contribution in [-0.4, -0.2) is 15.5 Å². The molecule has 4 rings (SSSR count). The molecular formula is C24H25N3O2S. The summed E-state index contributed by atoms with van der Waals surface area (Å²) in [4.78, 5) is 30.0. The Morgan fingerprint density at radius 1 is 1.10 bits per heavy atom. The van der Waals surface area contributed by atoms with Crippen LogP contribution in [0, 0.1) is 20.8 Å². The Bertz CT molecular complexity index is 1200. The summed E-state index contributed by atoms with van der Waals surface area (Å²) >= 11 is 1.50. The van der Waals surface area contributed by atoms with Crippen LogP contribution < -0.4 is 10.9 Å². The molecule has 1 aromatic heterocycles. The first-order valence-electron chi connectivity index (χ1n) is 9.99. The van der Waals surface area contributed by atoms with Gasteiger partial charge in [-0.05, 0) is 37.5 Å². The van der Waals surface area contributed by atoms with Gasteiger partial charge in [-0.25, -0.2) is 0 Å². The Kier molecular flexibility index (Phi) is 5.52. The van der Waals surface area contributed by atoms with Gasteiger partial charge in [0.05, 0.1) is 5.56 Å². The first-order valence-corrected chi connectivity index (χ1v) is 11.0. The van der Waals surface area contributed by atoms with Crippen molar-refractivity contribution in [3.63, 3.8) is 0 Å². The molecule has 0 radical (unpaired) electrons. The van der Waals surface area contributed by atoms with Crippen molar-refractivity contribution >= 4 is 23.5 Å². The number of aromatic nitrogens is 2. The maximum Gasteiger partial charge on any atom is 0.279 e. The van der Waals surface area contributed by atoms with Crippen molar-refractivity contribution in [3.8, 4) is 0 Å². The lowest BCUT2D eigenvalue weighted by Crippen LogP contribution is -2.33. The summed E-state index contributed by atoms with van der Waals surface area (Å²) in [5.74, 6) is 0.901. The molecule has 3 aromatic rings. The van der Waals surface area contributed by atoms with Gasteiger partial charge in [-0.1, -0.05) is 65.4 Å². The van der Waals surface area contributed by atoms with E-state index in [1.165, 1.54) is 22.9 Å². The van der Waals surface area contributed by atoms with Gasteiger partial charge in [0.15, 0.2) is 5.16 Å². The number of anilines is 1. The summed E-state index contributed by atoms with van der Waals surface area (Å²) in [5.41, 5.74) is 5.88. The average Bonchev–Trinajstić information content (AvgIpc) is 2.71. The van der Waals surface area contributed by atoms with E-state index in [4.69, 9.17) is 0 Å². The van der Waals surface area contributed by atoms with Gasteiger partial charge in [0.1, 0.15) is 5.82 Å². The third kappa shape index (κ3) is 3.92. The van der Waals surface area contributed by atoms with Gasteiger partial charge in [0.25, 0.3) is 5.56 Å². The SMILES string of the molecule is Cc1cccc(CSc2nc(=O)c3c(n2C)NC(=O)C[C@@H]3c2cc(C)ccc2C)c1. The Morgan fingerprint density at radius 2 is 1.87 bits per heavy atom. The molecule has 0 spiro atoms. The van der Waals surface area contributed by atoms with Gasteiger partial charge < -0.3 is 9.88 Å². The molecule has 30 heavy (non-hydrogen) atoms. The van der Waals surface area contributed by atoms with Crippen LogP contribution in [0.3, 0.4) is 0 Å². The van der Waals surface area contributed by atoms with Crippen molar-refractivity contribution in [2.45, 2.75) is 44.0 Å². The molecule has 2 aromatic carbocycles. The summed E-state index contributed by atoms with van der Waals surface area (Å²) in [5, 5.41) is 3.52. The van der Waals surface area contributed by atoms with Crippen LogP contribution in [0.4, 0.5) is 5.82 Å². The highest BCUT2D eigenvalue weighted by molar-refractivity contribution is 7.98. The zero-order valence-electron chi connectivity index (χ0n) is 17.7. The standard InChI is InChI=1S/C24H25N3O2S/c1-14-6-5-7-17(10-14)13-30-24-26-23(29)21-19(12-20(28)25-22(21)27(24)4)18-11-15(2)8-9-16(18)3/h5-11,19H,12-13H2,1-4H3,(H,25,28)/t19-/m1/s1. The van der Waals surface area contributed by atoms with E-state index in [0.29, 0.717) is 22.3 Å². The van der Waals surface area contributed by atoms with E-state index in [1.807, 2.05) is 43.7 Å². The van der Waals surface area contributed by atoms with Crippen molar-refractivity contribution in [2.75, 3.05) is 5.32 Å². The maximum atomic E-state index is 13.1. The fourth-order valence-electron chi connectivity index (χ4n) is 4.02. The third-order valence-corrected chi connectivity index (χ3v) is 6.66. The summed E-state index contributed by atoms with van der Waals surface area (Å²) < 4.78 is 1.84. The normalized spacial score (nSPS) is 15.6. The van der Waals surface area contributed by atoms with E-state index in [1.54, 1.807) is 0 Å². The molecule has 0 bridgehead atoms. The molecule has 1 aliphatic heterocycles. The van der Waals surface area contributed by atoms with E-state index < -0.39 is 0 Å². The van der Waals surface area contributed by atoms with Gasteiger partial charge >= 0.3 is 0 Å². The highest BCUT2D eigenvalue weighted by Crippen LogP contribution is 2.37. The van der Waals surface area contributed by atoms with Crippen LogP contribution in [-0.2, 0) is 17.6 Å². The van der Waals surface area contributed by atoms with Crippen molar-refractivity contribution in [2.24, 2.45) is 7.05 Å². The topological polar surface area (TPSA) is 64.0 Å². The van der Waals surface area contributed by atoms with Crippen molar-refractivity contribution < 1.29 is 4.79 Å². The maximum absolute atomic E-state index is 13.1. The molecule has 1 amide bonds. The average molecular weight is 420 g/mol. The number of fused-ring (bicyclic) bond motifs is 1. The Hall–Kier alpha value is -2.86. The lowest BCUT2D eigenvalue weighted by atomic mass is 9.84. The minimum absolute atomic E-state index is 0.0794. The first-order chi connectivity index (χ1) is 14.3. The van der Waals surface area contributed by atoms with Crippen LogP contribution in [0.5, 0.6) is 0 Å². The lowest BCUT2D eigenvalue weighted by Gasteiger charge is -2.28. The Labute approximate surface area is 180 Å². The molecule has 0 aliphatic carbocycles. The largest absolute Gasteiger partial charge is 0.312 e. The number of benzene rings is 2. The molecule has 0 saturated carbocycles.